The first-order chi connectivity index (χ1) is 5.56. The summed E-state index contributed by atoms with van der Waals surface area (Å²) in [6.07, 6.45) is 1.50. The van der Waals surface area contributed by atoms with Crippen LogP contribution < -0.4 is 0 Å². The molecular formula is C8H11NO2S. The van der Waals surface area contributed by atoms with Gasteiger partial charge < -0.3 is 9.69 Å². The van der Waals surface area contributed by atoms with Crippen LogP contribution in [0.5, 0.6) is 0 Å². The van der Waals surface area contributed by atoms with E-state index in [0.29, 0.717) is 6.42 Å². The smallest absolute Gasteiger partial charge is 0.227 e. The Morgan fingerprint density at radius 1 is 1.67 bits per heavy atom. The van der Waals surface area contributed by atoms with E-state index >= 15 is 0 Å². The first kappa shape index (κ1) is 8.10. The Morgan fingerprint density at radius 3 is 2.75 bits per heavy atom. The number of rotatable bonds is 1. The number of nitrogens with zero attached hydrogens (tertiary/aromatic N) is 1. The molecule has 0 saturated carbocycles. The summed E-state index contributed by atoms with van der Waals surface area (Å²) >= 11 is 1.73. The van der Waals surface area contributed by atoms with Crippen molar-refractivity contribution in [3.05, 3.63) is 0 Å². The Kier molecular flexibility index (Phi) is 1.52. The number of hydrogen-bond donors (Lipinski definition) is 0. The molecule has 66 valence electrons. The first-order valence-corrected chi connectivity index (χ1v) is 4.88. The number of fused-ring (bicyclic) bond motifs is 1. The molecule has 4 heteroatoms. The van der Waals surface area contributed by atoms with Gasteiger partial charge in [-0.1, -0.05) is 0 Å². The molecule has 2 rings (SSSR count). The molecule has 0 bridgehead atoms. The van der Waals surface area contributed by atoms with Crippen LogP contribution in [0.4, 0.5) is 0 Å². The molecule has 0 unspecified atom stereocenters. The predicted octanol–water partition coefficient (Wildman–Crippen LogP) is 0.638. The molecule has 2 fully saturated rings. The third-order valence-electron chi connectivity index (χ3n) is 2.53. The fraction of sp³-hybridized carbons (Fsp3) is 0.750. The summed E-state index contributed by atoms with van der Waals surface area (Å²) in [5.41, 5.74) is 0. The predicted molar refractivity (Wildman–Crippen MR) is 46.8 cm³/mol. The second-order valence-corrected chi connectivity index (χ2v) is 5.59. The number of hydrogen-bond acceptors (Lipinski definition) is 3. The number of carbonyl (C=O) groups is 2. The van der Waals surface area contributed by atoms with E-state index in [4.69, 9.17) is 0 Å². The summed E-state index contributed by atoms with van der Waals surface area (Å²) in [4.78, 5) is 23.6. The molecule has 2 aliphatic rings. The molecule has 0 aromatic carbocycles. The van der Waals surface area contributed by atoms with Gasteiger partial charge in [0.25, 0.3) is 0 Å². The molecule has 0 aromatic rings. The summed E-state index contributed by atoms with van der Waals surface area (Å²) in [6.45, 7) is 4.03. The van der Waals surface area contributed by atoms with Crippen LogP contribution in [0.2, 0.25) is 0 Å². The van der Waals surface area contributed by atoms with E-state index in [1.807, 2.05) is 13.8 Å². The van der Waals surface area contributed by atoms with Crippen molar-refractivity contribution in [2.24, 2.45) is 0 Å². The molecule has 0 aromatic heterocycles. The van der Waals surface area contributed by atoms with Gasteiger partial charge in [-0.15, -0.1) is 11.8 Å². The molecule has 1 amide bonds. The average molecular weight is 185 g/mol. The van der Waals surface area contributed by atoms with E-state index in [1.54, 1.807) is 16.7 Å². The van der Waals surface area contributed by atoms with E-state index in [9.17, 15) is 9.59 Å². The van der Waals surface area contributed by atoms with Gasteiger partial charge in [0, 0.05) is 4.75 Å². The van der Waals surface area contributed by atoms with Gasteiger partial charge >= 0.3 is 0 Å². The highest BCUT2D eigenvalue weighted by Gasteiger charge is 2.55. The van der Waals surface area contributed by atoms with Crippen LogP contribution in [0.25, 0.3) is 0 Å². The number of β-lactam (4-membered cyclic amide) rings is 1. The third kappa shape index (κ3) is 0.843. The largest absolute Gasteiger partial charge is 0.319 e. The maximum absolute atomic E-state index is 11.1. The number of aldehydes is 1. The Hall–Kier alpha value is -0.510. The number of carbonyl (C=O) groups excluding carboxylic acids is 2. The Bertz CT molecular complexity index is 251. The van der Waals surface area contributed by atoms with Gasteiger partial charge in [-0.05, 0) is 13.8 Å². The topological polar surface area (TPSA) is 37.4 Å². The van der Waals surface area contributed by atoms with E-state index in [0.717, 1.165) is 6.29 Å². The molecule has 0 radical (unpaired) electrons. The lowest BCUT2D eigenvalue weighted by atomic mass is 10.00. The Labute approximate surface area is 75.5 Å². The summed E-state index contributed by atoms with van der Waals surface area (Å²) < 4.78 is -0.0986. The summed E-state index contributed by atoms with van der Waals surface area (Å²) in [7, 11) is 0. The average Bonchev–Trinajstić information content (AvgIpc) is 2.17. The van der Waals surface area contributed by atoms with Gasteiger partial charge in [0.15, 0.2) is 0 Å². The summed E-state index contributed by atoms with van der Waals surface area (Å²) in [6, 6.07) is -0.214. The number of amides is 1. The van der Waals surface area contributed by atoms with Crippen molar-refractivity contribution >= 4 is 24.0 Å². The lowest BCUT2D eigenvalue weighted by Gasteiger charge is -2.36. The molecule has 0 aliphatic carbocycles. The second-order valence-electron chi connectivity index (χ2n) is 3.76. The minimum absolute atomic E-state index is 0.0986. The molecule has 0 spiro atoms. The van der Waals surface area contributed by atoms with Crippen LogP contribution in [-0.2, 0) is 9.59 Å². The Balaban J connectivity index is 2.27. The van der Waals surface area contributed by atoms with Crippen LogP contribution in [0.1, 0.15) is 20.3 Å². The minimum Gasteiger partial charge on any atom is -0.319 e. The SMILES string of the molecule is CC1(C)S[C@@H]2CC(=O)N2[C@H]1C=O. The van der Waals surface area contributed by atoms with E-state index in [2.05, 4.69) is 0 Å². The zero-order valence-electron chi connectivity index (χ0n) is 7.11. The fourth-order valence-corrected chi connectivity index (χ4v) is 3.42. The summed E-state index contributed by atoms with van der Waals surface area (Å²) in [5, 5.41) is 0.266. The van der Waals surface area contributed by atoms with Gasteiger partial charge in [-0.25, -0.2) is 0 Å². The van der Waals surface area contributed by atoms with Crippen LogP contribution in [0.15, 0.2) is 0 Å². The van der Waals surface area contributed by atoms with Crippen molar-refractivity contribution in [1.82, 2.24) is 4.90 Å². The lowest BCUT2D eigenvalue weighted by Crippen LogP contribution is -2.54. The lowest BCUT2D eigenvalue weighted by molar-refractivity contribution is -0.146. The normalized spacial score (nSPS) is 37.5. The molecule has 2 atom stereocenters. The van der Waals surface area contributed by atoms with Crippen LogP contribution in [-0.4, -0.2) is 33.3 Å². The zero-order valence-corrected chi connectivity index (χ0v) is 7.93. The standard InChI is InChI=1S/C8H11NO2S/c1-8(2)5(4-10)9-6(11)3-7(9)12-8/h4-5,7H,3H2,1-2H3/t5-,7+/m0/s1. The van der Waals surface area contributed by atoms with Gasteiger partial charge in [0.05, 0.1) is 11.8 Å². The van der Waals surface area contributed by atoms with Crippen LogP contribution in [0.3, 0.4) is 0 Å². The zero-order chi connectivity index (χ0) is 8.93. The molecular weight excluding hydrogens is 174 g/mol. The first-order valence-electron chi connectivity index (χ1n) is 4.00. The number of thioether (sulfide) groups is 1. The van der Waals surface area contributed by atoms with Crippen molar-refractivity contribution in [3.63, 3.8) is 0 Å². The molecule has 3 nitrogen and oxygen atoms in total. The van der Waals surface area contributed by atoms with E-state index in [1.165, 1.54) is 0 Å². The molecule has 12 heavy (non-hydrogen) atoms. The highest BCUT2D eigenvalue weighted by molar-refractivity contribution is 8.01. The van der Waals surface area contributed by atoms with Crippen molar-refractivity contribution in [2.75, 3.05) is 0 Å². The van der Waals surface area contributed by atoms with Crippen LogP contribution >= 0.6 is 11.8 Å². The second kappa shape index (κ2) is 2.25. The highest BCUT2D eigenvalue weighted by Crippen LogP contribution is 2.49. The molecule has 2 heterocycles. The monoisotopic (exact) mass is 185 g/mol. The van der Waals surface area contributed by atoms with E-state index in [-0.39, 0.29) is 22.1 Å². The van der Waals surface area contributed by atoms with Crippen molar-refractivity contribution in [2.45, 2.75) is 36.4 Å². The molecule has 2 saturated heterocycles. The fourth-order valence-electron chi connectivity index (χ4n) is 1.82. The quantitative estimate of drug-likeness (QED) is 0.444. The van der Waals surface area contributed by atoms with Gasteiger partial charge in [-0.2, -0.15) is 0 Å². The molecule has 2 aliphatic heterocycles. The van der Waals surface area contributed by atoms with Crippen molar-refractivity contribution in [1.29, 1.82) is 0 Å². The maximum Gasteiger partial charge on any atom is 0.227 e. The summed E-state index contributed by atoms with van der Waals surface area (Å²) in [5.74, 6) is 0.121. The van der Waals surface area contributed by atoms with Crippen LogP contribution in [0, 0.1) is 0 Å². The third-order valence-corrected chi connectivity index (χ3v) is 4.04. The van der Waals surface area contributed by atoms with E-state index < -0.39 is 0 Å². The van der Waals surface area contributed by atoms with Gasteiger partial charge in [-0.3, -0.25) is 4.79 Å². The van der Waals surface area contributed by atoms with Crippen molar-refractivity contribution < 1.29 is 9.59 Å². The minimum atomic E-state index is -0.214. The Morgan fingerprint density at radius 2 is 2.33 bits per heavy atom. The van der Waals surface area contributed by atoms with Gasteiger partial charge in [0.1, 0.15) is 12.3 Å². The van der Waals surface area contributed by atoms with Gasteiger partial charge in [0.2, 0.25) is 5.91 Å². The maximum atomic E-state index is 11.1. The highest BCUT2D eigenvalue weighted by atomic mass is 32.2. The van der Waals surface area contributed by atoms with Crippen molar-refractivity contribution in [3.8, 4) is 0 Å². The molecule has 0 N–H and O–H groups in total.